The van der Waals surface area contributed by atoms with Gasteiger partial charge in [-0.15, -0.1) is 0 Å². The SMILES string of the molecule is Cc1nn(C)c(N2CCC(Oc3ccc(Cl)c(Cl)c3)C2)c1[N+](=O)[O-]. The zero-order chi connectivity index (χ0) is 17.4. The van der Waals surface area contributed by atoms with Crippen molar-refractivity contribution in [1.29, 1.82) is 0 Å². The lowest BCUT2D eigenvalue weighted by molar-refractivity contribution is -0.384. The maximum atomic E-state index is 11.3. The Morgan fingerprint density at radius 1 is 1.38 bits per heavy atom. The van der Waals surface area contributed by atoms with Gasteiger partial charge in [0.05, 0.1) is 21.5 Å². The maximum Gasteiger partial charge on any atom is 0.333 e. The second-order valence-corrected chi connectivity index (χ2v) is 6.50. The van der Waals surface area contributed by atoms with Crippen molar-refractivity contribution in [3.8, 4) is 5.75 Å². The molecule has 24 heavy (non-hydrogen) atoms. The van der Waals surface area contributed by atoms with Gasteiger partial charge in [-0.25, -0.2) is 4.68 Å². The van der Waals surface area contributed by atoms with Gasteiger partial charge in [0.15, 0.2) is 0 Å². The van der Waals surface area contributed by atoms with Crippen molar-refractivity contribution in [2.45, 2.75) is 19.4 Å². The number of nitro groups is 1. The molecule has 0 aliphatic carbocycles. The molecule has 1 saturated heterocycles. The van der Waals surface area contributed by atoms with E-state index in [9.17, 15) is 10.1 Å². The highest BCUT2D eigenvalue weighted by atomic mass is 35.5. The number of aromatic nitrogens is 2. The van der Waals surface area contributed by atoms with Gasteiger partial charge in [0.2, 0.25) is 5.82 Å². The molecule has 1 unspecified atom stereocenters. The van der Waals surface area contributed by atoms with E-state index in [0.717, 1.165) is 6.42 Å². The number of aryl methyl sites for hydroxylation is 2. The first kappa shape index (κ1) is 16.9. The van der Waals surface area contributed by atoms with Crippen molar-refractivity contribution in [3.05, 3.63) is 44.1 Å². The molecule has 0 saturated carbocycles. The van der Waals surface area contributed by atoms with E-state index >= 15 is 0 Å². The molecule has 0 bridgehead atoms. The van der Waals surface area contributed by atoms with Gasteiger partial charge in [-0.2, -0.15) is 5.10 Å². The van der Waals surface area contributed by atoms with Crippen LogP contribution in [-0.4, -0.2) is 33.9 Å². The van der Waals surface area contributed by atoms with E-state index in [4.69, 9.17) is 27.9 Å². The summed E-state index contributed by atoms with van der Waals surface area (Å²) < 4.78 is 7.48. The first-order chi connectivity index (χ1) is 11.4. The zero-order valence-electron chi connectivity index (χ0n) is 13.2. The normalized spacial score (nSPS) is 17.3. The van der Waals surface area contributed by atoms with Crippen molar-refractivity contribution >= 4 is 34.7 Å². The Morgan fingerprint density at radius 3 is 2.79 bits per heavy atom. The van der Waals surface area contributed by atoms with Crippen LogP contribution < -0.4 is 9.64 Å². The fourth-order valence-electron chi connectivity index (χ4n) is 2.96. The van der Waals surface area contributed by atoms with Crippen LogP contribution in [0.25, 0.3) is 0 Å². The Labute approximate surface area is 148 Å². The number of benzene rings is 1. The number of ether oxygens (including phenoxy) is 1. The third-order valence-corrected chi connectivity index (χ3v) is 4.72. The second kappa shape index (κ2) is 6.49. The lowest BCUT2D eigenvalue weighted by Crippen LogP contribution is -2.26. The molecular formula is C15H16Cl2N4O3. The average molecular weight is 371 g/mol. The van der Waals surface area contributed by atoms with Crippen molar-refractivity contribution in [2.24, 2.45) is 7.05 Å². The highest BCUT2D eigenvalue weighted by Gasteiger charge is 2.33. The van der Waals surface area contributed by atoms with E-state index < -0.39 is 0 Å². The lowest BCUT2D eigenvalue weighted by atomic mass is 10.3. The Balaban J connectivity index is 1.76. The van der Waals surface area contributed by atoms with Gasteiger partial charge in [-0.3, -0.25) is 10.1 Å². The summed E-state index contributed by atoms with van der Waals surface area (Å²) in [5.41, 5.74) is 0.457. The molecule has 1 aliphatic rings. The van der Waals surface area contributed by atoms with Crippen LogP contribution in [0, 0.1) is 17.0 Å². The molecule has 1 aliphatic heterocycles. The average Bonchev–Trinajstić information content (AvgIpc) is 3.06. The van der Waals surface area contributed by atoms with Crippen LogP contribution >= 0.6 is 23.2 Å². The Bertz CT molecular complexity index is 793. The van der Waals surface area contributed by atoms with Crippen molar-refractivity contribution in [2.75, 3.05) is 18.0 Å². The predicted molar refractivity (Wildman–Crippen MR) is 92.3 cm³/mol. The highest BCUT2D eigenvalue weighted by molar-refractivity contribution is 6.42. The maximum absolute atomic E-state index is 11.3. The number of anilines is 1. The zero-order valence-corrected chi connectivity index (χ0v) is 14.7. The minimum atomic E-state index is -0.384. The minimum Gasteiger partial charge on any atom is -0.488 e. The molecule has 3 rings (SSSR count). The highest BCUT2D eigenvalue weighted by Crippen LogP contribution is 2.34. The van der Waals surface area contributed by atoms with E-state index in [2.05, 4.69) is 5.10 Å². The molecule has 2 heterocycles. The van der Waals surface area contributed by atoms with Crippen molar-refractivity contribution in [3.63, 3.8) is 0 Å². The van der Waals surface area contributed by atoms with Crippen LogP contribution in [0.1, 0.15) is 12.1 Å². The fourth-order valence-corrected chi connectivity index (χ4v) is 3.25. The monoisotopic (exact) mass is 370 g/mol. The van der Waals surface area contributed by atoms with Gasteiger partial charge in [-0.1, -0.05) is 23.2 Å². The third-order valence-electron chi connectivity index (χ3n) is 3.98. The number of hydrogen-bond acceptors (Lipinski definition) is 5. The fraction of sp³-hybridized carbons (Fsp3) is 0.400. The van der Waals surface area contributed by atoms with Crippen molar-refractivity contribution in [1.82, 2.24) is 9.78 Å². The molecule has 0 spiro atoms. The molecule has 0 radical (unpaired) electrons. The minimum absolute atomic E-state index is 0.0488. The molecule has 1 fully saturated rings. The van der Waals surface area contributed by atoms with Crippen LogP contribution in [0.15, 0.2) is 18.2 Å². The molecule has 0 N–H and O–H groups in total. The summed E-state index contributed by atoms with van der Waals surface area (Å²) in [6.45, 7) is 2.84. The Morgan fingerprint density at radius 2 is 2.12 bits per heavy atom. The van der Waals surface area contributed by atoms with Gasteiger partial charge in [0.25, 0.3) is 0 Å². The number of rotatable bonds is 4. The molecule has 1 aromatic heterocycles. The Hall–Kier alpha value is -1.99. The molecule has 7 nitrogen and oxygen atoms in total. The number of nitrogens with zero attached hydrogens (tertiary/aromatic N) is 4. The van der Waals surface area contributed by atoms with E-state index in [1.807, 2.05) is 4.90 Å². The van der Waals surface area contributed by atoms with E-state index in [-0.39, 0.29) is 16.7 Å². The van der Waals surface area contributed by atoms with Gasteiger partial charge in [0.1, 0.15) is 17.5 Å². The lowest BCUT2D eigenvalue weighted by Gasteiger charge is -2.18. The van der Waals surface area contributed by atoms with Crippen LogP contribution in [-0.2, 0) is 7.05 Å². The van der Waals surface area contributed by atoms with Gasteiger partial charge in [0, 0.05) is 26.1 Å². The molecule has 2 aromatic rings. The predicted octanol–water partition coefficient (Wildman–Crippen LogP) is 3.60. The first-order valence-corrected chi connectivity index (χ1v) is 8.17. The van der Waals surface area contributed by atoms with Gasteiger partial charge in [-0.05, 0) is 19.1 Å². The summed E-state index contributed by atoms with van der Waals surface area (Å²) in [6.07, 6.45) is 0.666. The molecule has 1 aromatic carbocycles. The quantitative estimate of drug-likeness (QED) is 0.607. The van der Waals surface area contributed by atoms with Crippen LogP contribution in [0.2, 0.25) is 10.0 Å². The number of hydrogen-bond donors (Lipinski definition) is 0. The van der Waals surface area contributed by atoms with Gasteiger partial charge < -0.3 is 9.64 Å². The third kappa shape index (κ3) is 3.14. The van der Waals surface area contributed by atoms with Gasteiger partial charge >= 0.3 is 5.69 Å². The summed E-state index contributed by atoms with van der Waals surface area (Å²) in [5, 5.41) is 16.4. The largest absolute Gasteiger partial charge is 0.488 e. The second-order valence-electron chi connectivity index (χ2n) is 5.69. The van der Waals surface area contributed by atoms with E-state index in [1.54, 1.807) is 36.9 Å². The van der Waals surface area contributed by atoms with Crippen LogP contribution in [0.3, 0.4) is 0 Å². The topological polar surface area (TPSA) is 73.4 Å². The van der Waals surface area contributed by atoms with Crippen molar-refractivity contribution < 1.29 is 9.66 Å². The molecule has 1 atom stereocenters. The summed E-state index contributed by atoms with van der Waals surface area (Å²) in [5.74, 6) is 1.14. The van der Waals surface area contributed by atoms with E-state index in [0.29, 0.717) is 40.4 Å². The Kier molecular flexibility index (Phi) is 4.56. The molecular weight excluding hydrogens is 355 g/mol. The van der Waals surface area contributed by atoms with Crippen LogP contribution in [0.4, 0.5) is 11.5 Å². The summed E-state index contributed by atoms with van der Waals surface area (Å²) in [6, 6.07) is 5.11. The smallest absolute Gasteiger partial charge is 0.333 e. The summed E-state index contributed by atoms with van der Waals surface area (Å²) in [7, 11) is 1.71. The summed E-state index contributed by atoms with van der Waals surface area (Å²) >= 11 is 11.9. The first-order valence-electron chi connectivity index (χ1n) is 7.41. The molecule has 128 valence electrons. The van der Waals surface area contributed by atoms with Crippen LogP contribution in [0.5, 0.6) is 5.75 Å². The molecule has 0 amide bonds. The summed E-state index contributed by atoms with van der Waals surface area (Å²) in [4.78, 5) is 12.9. The van der Waals surface area contributed by atoms with E-state index in [1.165, 1.54) is 0 Å². The number of halogens is 2. The molecule has 9 heteroatoms. The standard InChI is InChI=1S/C15H16Cl2N4O3/c1-9-14(21(22)23)15(19(2)18-9)20-6-5-11(8-20)24-10-3-4-12(16)13(17)7-10/h3-4,7,11H,5-6,8H2,1-2H3.